The number of benzene rings is 3. The lowest BCUT2D eigenvalue weighted by molar-refractivity contribution is -0.143. The summed E-state index contributed by atoms with van der Waals surface area (Å²) >= 11 is 6.01. The Kier molecular flexibility index (Phi) is 6.43. The van der Waals surface area contributed by atoms with Gasteiger partial charge in [0.05, 0.1) is 0 Å². The molecule has 0 bridgehead atoms. The Morgan fingerprint density at radius 3 is 2.44 bits per heavy atom. The molecule has 2 heterocycles. The molecule has 0 radical (unpaired) electrons. The lowest BCUT2D eigenvalue weighted by Crippen LogP contribution is -2.49. The van der Waals surface area contributed by atoms with Gasteiger partial charge in [0.2, 0.25) is 0 Å². The Hall–Kier alpha value is -3.48. The Labute approximate surface area is 203 Å². The van der Waals surface area contributed by atoms with E-state index in [1.807, 2.05) is 83.9 Å². The smallest absolute Gasteiger partial charge is 0.325 e. The molecule has 1 aliphatic rings. The molecule has 1 aromatic heterocycles. The molecule has 174 valence electrons. The number of piperazine rings is 1. The van der Waals surface area contributed by atoms with Crippen LogP contribution in [-0.4, -0.2) is 47.1 Å². The van der Waals surface area contributed by atoms with Crippen molar-refractivity contribution in [2.24, 2.45) is 0 Å². The molecular formula is C27H26ClN3O3. The van der Waals surface area contributed by atoms with Crippen molar-refractivity contribution in [2.75, 3.05) is 31.1 Å². The Morgan fingerprint density at radius 1 is 1.00 bits per heavy atom. The summed E-state index contributed by atoms with van der Waals surface area (Å²) in [7, 11) is 0. The number of rotatable bonds is 7. The third-order valence-corrected chi connectivity index (χ3v) is 6.59. The average Bonchev–Trinajstić information content (AvgIpc) is 3.27. The van der Waals surface area contributed by atoms with Crippen LogP contribution in [-0.2, 0) is 11.4 Å². The molecule has 1 unspecified atom stereocenters. The van der Waals surface area contributed by atoms with Crippen LogP contribution in [0.15, 0.2) is 79.0 Å². The highest BCUT2D eigenvalue weighted by atomic mass is 35.5. The molecule has 1 fully saturated rings. The predicted octanol–water partition coefficient (Wildman–Crippen LogP) is 5.35. The van der Waals surface area contributed by atoms with Crippen LogP contribution < -0.4 is 9.64 Å². The van der Waals surface area contributed by atoms with Gasteiger partial charge in [0, 0.05) is 65.6 Å². The number of carbonyl (C=O) groups is 1. The molecule has 34 heavy (non-hydrogen) atoms. The number of nitrogens with one attached hydrogen (secondary N) is 1. The zero-order valence-electron chi connectivity index (χ0n) is 18.7. The number of aromatic amines is 1. The van der Waals surface area contributed by atoms with Gasteiger partial charge in [-0.05, 0) is 42.0 Å². The van der Waals surface area contributed by atoms with Crippen LogP contribution in [0, 0.1) is 0 Å². The van der Waals surface area contributed by atoms with Crippen LogP contribution >= 0.6 is 11.6 Å². The van der Waals surface area contributed by atoms with Gasteiger partial charge < -0.3 is 19.7 Å². The van der Waals surface area contributed by atoms with Gasteiger partial charge in [-0.3, -0.25) is 9.69 Å². The molecule has 1 aliphatic heterocycles. The molecule has 3 aromatic carbocycles. The Balaban J connectivity index is 1.30. The number of H-pyrrole nitrogens is 1. The first-order valence-corrected chi connectivity index (χ1v) is 11.7. The standard InChI is InChI=1S/C27H26ClN3O3/c28-20-6-8-21(9-7-20)30-12-14-31(15-13-30)26(27(32)33)24-17-29-25-16-22(10-11-23(24)25)34-18-19-4-2-1-3-5-19/h1-11,16-17,26,29H,12-15,18H2,(H,32,33). The fourth-order valence-electron chi connectivity index (χ4n) is 4.56. The highest BCUT2D eigenvalue weighted by molar-refractivity contribution is 6.30. The summed E-state index contributed by atoms with van der Waals surface area (Å²) in [6, 6.07) is 22.8. The number of aromatic nitrogens is 1. The van der Waals surface area contributed by atoms with Gasteiger partial charge in [0.25, 0.3) is 0 Å². The van der Waals surface area contributed by atoms with Gasteiger partial charge in [0.1, 0.15) is 18.4 Å². The van der Waals surface area contributed by atoms with E-state index in [9.17, 15) is 9.90 Å². The molecule has 0 aliphatic carbocycles. The van der Waals surface area contributed by atoms with Crippen molar-refractivity contribution in [1.82, 2.24) is 9.88 Å². The van der Waals surface area contributed by atoms with Crippen molar-refractivity contribution >= 4 is 34.2 Å². The molecule has 1 atom stereocenters. The Bertz CT molecular complexity index is 1270. The Morgan fingerprint density at radius 2 is 1.74 bits per heavy atom. The highest BCUT2D eigenvalue weighted by Gasteiger charge is 2.32. The van der Waals surface area contributed by atoms with Crippen molar-refractivity contribution < 1.29 is 14.6 Å². The first-order chi connectivity index (χ1) is 16.6. The summed E-state index contributed by atoms with van der Waals surface area (Å²) in [6.45, 7) is 3.31. The second kappa shape index (κ2) is 9.79. The van der Waals surface area contributed by atoms with E-state index < -0.39 is 12.0 Å². The lowest BCUT2D eigenvalue weighted by Gasteiger charge is -2.38. The highest BCUT2D eigenvalue weighted by Crippen LogP contribution is 2.32. The largest absolute Gasteiger partial charge is 0.489 e. The first kappa shape index (κ1) is 22.3. The molecule has 1 saturated heterocycles. The molecular weight excluding hydrogens is 450 g/mol. The van der Waals surface area contributed by atoms with E-state index >= 15 is 0 Å². The van der Waals surface area contributed by atoms with Crippen LogP contribution in [0.25, 0.3) is 10.9 Å². The second-order valence-corrected chi connectivity index (χ2v) is 8.90. The summed E-state index contributed by atoms with van der Waals surface area (Å²) < 4.78 is 5.93. The molecule has 4 aromatic rings. The van der Waals surface area contributed by atoms with E-state index in [1.165, 1.54) is 0 Å². The maximum atomic E-state index is 12.3. The van der Waals surface area contributed by atoms with Gasteiger partial charge in [-0.2, -0.15) is 0 Å². The van der Waals surface area contributed by atoms with Gasteiger partial charge >= 0.3 is 5.97 Å². The SMILES string of the molecule is O=C(O)C(c1c[nH]c2cc(OCc3ccccc3)ccc12)N1CCN(c2ccc(Cl)cc2)CC1. The fraction of sp³-hybridized carbons (Fsp3) is 0.222. The van der Waals surface area contributed by atoms with Gasteiger partial charge in [-0.1, -0.05) is 41.9 Å². The molecule has 7 heteroatoms. The minimum Gasteiger partial charge on any atom is -0.489 e. The maximum absolute atomic E-state index is 12.3. The number of nitrogens with zero attached hydrogens (tertiary/aromatic N) is 2. The number of carboxylic acids is 1. The molecule has 2 N–H and O–H groups in total. The van der Waals surface area contributed by atoms with Gasteiger partial charge in [-0.15, -0.1) is 0 Å². The van der Waals surface area contributed by atoms with E-state index in [0.717, 1.165) is 46.6 Å². The van der Waals surface area contributed by atoms with Gasteiger partial charge in [0.15, 0.2) is 0 Å². The first-order valence-electron chi connectivity index (χ1n) is 11.3. The molecule has 0 saturated carbocycles. The number of aliphatic carboxylic acids is 1. The van der Waals surface area contributed by atoms with Crippen molar-refractivity contribution in [3.63, 3.8) is 0 Å². The van der Waals surface area contributed by atoms with E-state index in [0.29, 0.717) is 24.7 Å². The van der Waals surface area contributed by atoms with E-state index in [-0.39, 0.29) is 0 Å². The van der Waals surface area contributed by atoms with E-state index in [1.54, 1.807) is 0 Å². The number of halogens is 1. The van der Waals surface area contributed by atoms with E-state index in [2.05, 4.69) is 9.88 Å². The molecule has 5 rings (SSSR count). The second-order valence-electron chi connectivity index (χ2n) is 8.47. The zero-order valence-corrected chi connectivity index (χ0v) is 19.4. The van der Waals surface area contributed by atoms with Crippen LogP contribution in [0.1, 0.15) is 17.2 Å². The van der Waals surface area contributed by atoms with Crippen LogP contribution in [0.4, 0.5) is 5.69 Å². The quantitative estimate of drug-likeness (QED) is 0.377. The van der Waals surface area contributed by atoms with Crippen LogP contribution in [0.2, 0.25) is 5.02 Å². The monoisotopic (exact) mass is 475 g/mol. The predicted molar refractivity (Wildman–Crippen MR) is 135 cm³/mol. The van der Waals surface area contributed by atoms with E-state index in [4.69, 9.17) is 16.3 Å². The maximum Gasteiger partial charge on any atom is 0.325 e. The summed E-state index contributed by atoms with van der Waals surface area (Å²) in [5.41, 5.74) is 3.84. The van der Waals surface area contributed by atoms with Crippen LogP contribution in [0.3, 0.4) is 0 Å². The van der Waals surface area contributed by atoms with Crippen molar-refractivity contribution in [1.29, 1.82) is 0 Å². The zero-order chi connectivity index (χ0) is 23.5. The summed E-state index contributed by atoms with van der Waals surface area (Å²) in [5.74, 6) is -0.0987. The normalized spacial score (nSPS) is 15.4. The summed E-state index contributed by atoms with van der Waals surface area (Å²) in [4.78, 5) is 19.9. The number of hydrogen-bond acceptors (Lipinski definition) is 4. The van der Waals surface area contributed by atoms with Crippen LogP contribution in [0.5, 0.6) is 5.75 Å². The average molecular weight is 476 g/mol. The molecule has 0 amide bonds. The number of hydrogen-bond donors (Lipinski definition) is 2. The van der Waals surface area contributed by atoms with Crippen molar-refractivity contribution in [3.05, 3.63) is 95.1 Å². The topological polar surface area (TPSA) is 68.8 Å². The number of anilines is 1. The number of ether oxygens (including phenoxy) is 1. The summed E-state index contributed by atoms with van der Waals surface area (Å²) in [5, 5.41) is 11.7. The number of fused-ring (bicyclic) bond motifs is 1. The summed E-state index contributed by atoms with van der Waals surface area (Å²) in [6.07, 6.45) is 1.82. The third-order valence-electron chi connectivity index (χ3n) is 6.33. The molecule has 6 nitrogen and oxygen atoms in total. The van der Waals surface area contributed by atoms with Crippen molar-refractivity contribution in [3.8, 4) is 5.75 Å². The molecule has 0 spiro atoms. The third kappa shape index (κ3) is 4.74. The minimum absolute atomic E-state index is 0.482. The number of carboxylic acid groups (broad SMARTS) is 1. The van der Waals surface area contributed by atoms with Gasteiger partial charge in [-0.25, -0.2) is 0 Å². The minimum atomic E-state index is -0.842. The fourth-order valence-corrected chi connectivity index (χ4v) is 4.69. The lowest BCUT2D eigenvalue weighted by atomic mass is 10.0. The van der Waals surface area contributed by atoms with Crippen molar-refractivity contribution in [2.45, 2.75) is 12.6 Å².